The first-order chi connectivity index (χ1) is 8.78. The first kappa shape index (κ1) is 16.0. The van der Waals surface area contributed by atoms with Gasteiger partial charge in [-0.15, -0.1) is 0 Å². The Labute approximate surface area is 116 Å². The summed E-state index contributed by atoms with van der Waals surface area (Å²) in [6.45, 7) is 8.46. The van der Waals surface area contributed by atoms with Gasteiger partial charge in [0.1, 0.15) is 5.60 Å². The van der Waals surface area contributed by atoms with Gasteiger partial charge in [0, 0.05) is 13.0 Å². The predicted molar refractivity (Wildman–Crippen MR) is 74.6 cm³/mol. The quantitative estimate of drug-likeness (QED) is 0.781. The Kier molecular flexibility index (Phi) is 5.83. The molecule has 0 aromatic heterocycles. The largest absolute Gasteiger partial charge is 0.460 e. The molecule has 0 aromatic rings. The number of rotatable bonds is 5. The number of carbonyl (C=O) groups is 2. The maximum Gasteiger partial charge on any atom is 0.306 e. The molecule has 1 aliphatic carbocycles. The van der Waals surface area contributed by atoms with Gasteiger partial charge in [-0.3, -0.25) is 9.59 Å². The molecule has 0 bridgehead atoms. The first-order valence-corrected chi connectivity index (χ1v) is 7.26. The van der Waals surface area contributed by atoms with E-state index in [4.69, 9.17) is 4.74 Å². The molecule has 1 amide bonds. The number of hydrogen-bond acceptors (Lipinski definition) is 3. The molecule has 1 saturated carbocycles. The zero-order valence-corrected chi connectivity index (χ0v) is 12.6. The Bertz CT molecular complexity index is 320. The maximum absolute atomic E-state index is 11.7. The standard InChI is InChI=1S/C15H27NO3/c1-11-6-5-7-12(11)10-16-13(17)8-9-14(18)19-15(2,3)4/h11-12H,5-10H2,1-4H3,(H,16,17). The fraction of sp³-hybridized carbons (Fsp3) is 0.867. The summed E-state index contributed by atoms with van der Waals surface area (Å²) >= 11 is 0. The zero-order chi connectivity index (χ0) is 14.5. The van der Waals surface area contributed by atoms with Gasteiger partial charge in [-0.25, -0.2) is 0 Å². The van der Waals surface area contributed by atoms with Crippen LogP contribution in [0.5, 0.6) is 0 Å². The average molecular weight is 269 g/mol. The van der Waals surface area contributed by atoms with Crippen molar-refractivity contribution in [1.29, 1.82) is 0 Å². The second kappa shape index (κ2) is 6.92. The van der Waals surface area contributed by atoms with Crippen molar-refractivity contribution < 1.29 is 14.3 Å². The fourth-order valence-corrected chi connectivity index (χ4v) is 2.47. The molecule has 4 heteroatoms. The van der Waals surface area contributed by atoms with E-state index < -0.39 is 5.60 Å². The molecule has 0 aromatic carbocycles. The minimum atomic E-state index is -0.479. The summed E-state index contributed by atoms with van der Waals surface area (Å²) in [6.07, 6.45) is 4.10. The molecule has 2 unspecified atom stereocenters. The highest BCUT2D eigenvalue weighted by Crippen LogP contribution is 2.30. The molecular weight excluding hydrogens is 242 g/mol. The molecule has 0 spiro atoms. The third-order valence-electron chi connectivity index (χ3n) is 3.58. The van der Waals surface area contributed by atoms with E-state index in [0.717, 1.165) is 6.54 Å². The number of amides is 1. The van der Waals surface area contributed by atoms with Crippen LogP contribution in [0.15, 0.2) is 0 Å². The number of hydrogen-bond donors (Lipinski definition) is 1. The van der Waals surface area contributed by atoms with E-state index in [0.29, 0.717) is 11.8 Å². The van der Waals surface area contributed by atoms with Crippen molar-refractivity contribution in [1.82, 2.24) is 5.32 Å². The summed E-state index contributed by atoms with van der Waals surface area (Å²) in [6, 6.07) is 0. The smallest absolute Gasteiger partial charge is 0.306 e. The van der Waals surface area contributed by atoms with Crippen molar-refractivity contribution in [2.75, 3.05) is 6.54 Å². The summed E-state index contributed by atoms with van der Waals surface area (Å²) in [5.41, 5.74) is -0.479. The summed E-state index contributed by atoms with van der Waals surface area (Å²) in [5.74, 6) is 0.943. The molecule has 19 heavy (non-hydrogen) atoms. The summed E-state index contributed by atoms with van der Waals surface area (Å²) < 4.78 is 5.16. The Hall–Kier alpha value is -1.06. The van der Waals surface area contributed by atoms with Crippen LogP contribution < -0.4 is 5.32 Å². The number of esters is 1. The minimum absolute atomic E-state index is 0.0510. The lowest BCUT2D eigenvalue weighted by Gasteiger charge is -2.19. The first-order valence-electron chi connectivity index (χ1n) is 7.26. The van der Waals surface area contributed by atoms with Crippen molar-refractivity contribution in [2.45, 2.75) is 65.4 Å². The van der Waals surface area contributed by atoms with E-state index >= 15 is 0 Å². The van der Waals surface area contributed by atoms with Gasteiger partial charge in [-0.2, -0.15) is 0 Å². The highest BCUT2D eigenvalue weighted by atomic mass is 16.6. The average Bonchev–Trinajstić information content (AvgIpc) is 2.67. The molecule has 0 heterocycles. The molecule has 2 atom stereocenters. The molecule has 1 aliphatic rings. The van der Waals surface area contributed by atoms with Gasteiger partial charge in [-0.1, -0.05) is 19.8 Å². The topological polar surface area (TPSA) is 55.4 Å². The lowest BCUT2D eigenvalue weighted by molar-refractivity contribution is -0.155. The van der Waals surface area contributed by atoms with Gasteiger partial charge in [0.25, 0.3) is 0 Å². The van der Waals surface area contributed by atoms with Crippen molar-refractivity contribution in [2.24, 2.45) is 11.8 Å². The van der Waals surface area contributed by atoms with Crippen molar-refractivity contribution in [3.63, 3.8) is 0 Å². The van der Waals surface area contributed by atoms with Gasteiger partial charge in [0.2, 0.25) is 5.91 Å². The molecule has 0 radical (unpaired) electrons. The van der Waals surface area contributed by atoms with Crippen LogP contribution in [0.4, 0.5) is 0 Å². The molecule has 4 nitrogen and oxygen atoms in total. The SMILES string of the molecule is CC1CCCC1CNC(=O)CCC(=O)OC(C)(C)C. The molecule has 0 aliphatic heterocycles. The second-order valence-corrected chi connectivity index (χ2v) is 6.56. The van der Waals surface area contributed by atoms with Crippen LogP contribution in [0.25, 0.3) is 0 Å². The number of nitrogens with one attached hydrogen (secondary N) is 1. The molecule has 1 rings (SSSR count). The van der Waals surface area contributed by atoms with Crippen LogP contribution >= 0.6 is 0 Å². The minimum Gasteiger partial charge on any atom is -0.460 e. The molecule has 1 N–H and O–H groups in total. The second-order valence-electron chi connectivity index (χ2n) is 6.56. The van der Waals surface area contributed by atoms with E-state index in [-0.39, 0.29) is 24.7 Å². The lowest BCUT2D eigenvalue weighted by Crippen LogP contribution is -2.31. The van der Waals surface area contributed by atoms with Gasteiger partial charge >= 0.3 is 5.97 Å². The van der Waals surface area contributed by atoms with Gasteiger partial charge < -0.3 is 10.1 Å². The van der Waals surface area contributed by atoms with E-state index in [1.807, 2.05) is 20.8 Å². The highest BCUT2D eigenvalue weighted by Gasteiger charge is 2.23. The maximum atomic E-state index is 11.7. The summed E-state index contributed by atoms with van der Waals surface area (Å²) in [7, 11) is 0. The molecular formula is C15H27NO3. The Morgan fingerprint density at radius 2 is 1.89 bits per heavy atom. The molecule has 1 fully saturated rings. The van der Waals surface area contributed by atoms with Gasteiger partial charge in [0.05, 0.1) is 6.42 Å². The summed E-state index contributed by atoms with van der Waals surface area (Å²) in [5, 5.41) is 2.93. The highest BCUT2D eigenvalue weighted by molar-refractivity contribution is 5.81. The zero-order valence-electron chi connectivity index (χ0n) is 12.6. The normalized spacial score (nSPS) is 23.2. The van der Waals surface area contributed by atoms with Crippen molar-refractivity contribution >= 4 is 11.9 Å². The van der Waals surface area contributed by atoms with E-state index in [1.54, 1.807) is 0 Å². The monoisotopic (exact) mass is 269 g/mol. The summed E-state index contributed by atoms with van der Waals surface area (Å²) in [4.78, 5) is 23.1. The van der Waals surface area contributed by atoms with Crippen LogP contribution in [0.1, 0.15) is 59.8 Å². The Morgan fingerprint density at radius 1 is 1.21 bits per heavy atom. The van der Waals surface area contributed by atoms with Crippen LogP contribution in [0.2, 0.25) is 0 Å². The van der Waals surface area contributed by atoms with E-state index in [9.17, 15) is 9.59 Å². The number of carbonyl (C=O) groups excluding carboxylic acids is 2. The van der Waals surface area contributed by atoms with Crippen LogP contribution in [0, 0.1) is 11.8 Å². The van der Waals surface area contributed by atoms with Crippen molar-refractivity contribution in [3.05, 3.63) is 0 Å². The van der Waals surface area contributed by atoms with Crippen LogP contribution in [-0.4, -0.2) is 24.0 Å². The number of ether oxygens (including phenoxy) is 1. The van der Waals surface area contributed by atoms with Gasteiger partial charge in [0.15, 0.2) is 0 Å². The van der Waals surface area contributed by atoms with Gasteiger partial charge in [-0.05, 0) is 39.0 Å². The molecule has 0 saturated heterocycles. The van der Waals surface area contributed by atoms with E-state index in [2.05, 4.69) is 12.2 Å². The molecule has 110 valence electrons. The van der Waals surface area contributed by atoms with Crippen molar-refractivity contribution in [3.8, 4) is 0 Å². The Balaban J connectivity index is 2.16. The predicted octanol–water partition coefficient (Wildman–Crippen LogP) is 2.66. The third-order valence-corrected chi connectivity index (χ3v) is 3.58. The Morgan fingerprint density at radius 3 is 2.42 bits per heavy atom. The fourth-order valence-electron chi connectivity index (χ4n) is 2.47. The van der Waals surface area contributed by atoms with E-state index in [1.165, 1.54) is 19.3 Å². The van der Waals surface area contributed by atoms with Crippen LogP contribution in [0.3, 0.4) is 0 Å². The lowest BCUT2D eigenvalue weighted by atomic mass is 9.98. The van der Waals surface area contributed by atoms with Crippen LogP contribution in [-0.2, 0) is 14.3 Å². The third kappa shape index (κ3) is 6.60.